The monoisotopic (exact) mass is 280 g/mol. The van der Waals surface area contributed by atoms with Gasteiger partial charge in [-0.2, -0.15) is 5.26 Å². The summed E-state index contributed by atoms with van der Waals surface area (Å²) in [5, 5.41) is 11.4. The Morgan fingerprint density at radius 3 is 2.67 bits per heavy atom. The Bertz CT molecular complexity index is 670. The molecule has 2 aromatic carbocycles. The number of nitrogens with zero attached hydrogens (tertiary/aromatic N) is 2. The maximum absolute atomic E-state index is 9.21. The molecule has 3 rings (SSSR count). The number of anilines is 1. The molecule has 1 aliphatic rings. The van der Waals surface area contributed by atoms with Crippen LogP contribution in [0.3, 0.4) is 0 Å². The van der Waals surface area contributed by atoms with E-state index >= 15 is 0 Å². The van der Waals surface area contributed by atoms with Gasteiger partial charge in [-0.15, -0.1) is 0 Å². The van der Waals surface area contributed by atoms with E-state index in [0.29, 0.717) is 0 Å². The molecular weight excluding hydrogens is 260 g/mol. The van der Waals surface area contributed by atoms with Crippen molar-refractivity contribution >= 4 is 16.5 Å². The lowest BCUT2D eigenvalue weighted by atomic mass is 10.0. The van der Waals surface area contributed by atoms with Crippen molar-refractivity contribution in [2.45, 2.75) is 12.8 Å². The largest absolute Gasteiger partial charge is 0.379 e. The molecule has 0 aromatic heterocycles. The van der Waals surface area contributed by atoms with Crippen molar-refractivity contribution < 1.29 is 4.74 Å². The minimum absolute atomic E-state index is 0.729. The van der Waals surface area contributed by atoms with Gasteiger partial charge in [0.15, 0.2) is 0 Å². The fraction of sp³-hybridized carbons (Fsp3) is 0.389. The third-order valence-electron chi connectivity index (χ3n) is 4.05. The minimum Gasteiger partial charge on any atom is -0.379 e. The molecular formula is C18H20N2O. The van der Waals surface area contributed by atoms with Crippen LogP contribution in [-0.4, -0.2) is 26.8 Å². The molecule has 3 heteroatoms. The second-order valence-corrected chi connectivity index (χ2v) is 5.73. The van der Waals surface area contributed by atoms with Gasteiger partial charge in [-0.3, -0.25) is 0 Å². The number of benzene rings is 2. The first-order valence-electron chi connectivity index (χ1n) is 7.50. The molecule has 3 nitrogen and oxygen atoms in total. The molecule has 0 bridgehead atoms. The zero-order valence-corrected chi connectivity index (χ0v) is 12.4. The zero-order chi connectivity index (χ0) is 14.7. The number of rotatable bonds is 6. The van der Waals surface area contributed by atoms with Crippen molar-refractivity contribution in [3.05, 3.63) is 42.0 Å². The molecule has 0 atom stereocenters. The summed E-state index contributed by atoms with van der Waals surface area (Å²) >= 11 is 0. The van der Waals surface area contributed by atoms with E-state index in [2.05, 4.69) is 24.1 Å². The van der Waals surface area contributed by atoms with Crippen LogP contribution >= 0.6 is 0 Å². The molecule has 0 heterocycles. The van der Waals surface area contributed by atoms with E-state index in [0.717, 1.165) is 47.7 Å². The molecule has 1 fully saturated rings. The number of hydrogen-bond acceptors (Lipinski definition) is 3. The van der Waals surface area contributed by atoms with Gasteiger partial charge in [0.2, 0.25) is 0 Å². The van der Waals surface area contributed by atoms with Crippen LogP contribution in [0, 0.1) is 17.2 Å². The first-order valence-corrected chi connectivity index (χ1v) is 7.50. The molecule has 0 saturated heterocycles. The Kier molecular flexibility index (Phi) is 4.08. The maximum Gasteiger partial charge on any atom is 0.0998 e. The summed E-state index contributed by atoms with van der Waals surface area (Å²) in [5.74, 6) is 0.811. The van der Waals surface area contributed by atoms with Gasteiger partial charge in [0.1, 0.15) is 0 Å². The Morgan fingerprint density at radius 1 is 1.19 bits per heavy atom. The van der Waals surface area contributed by atoms with Gasteiger partial charge in [-0.25, -0.2) is 0 Å². The predicted molar refractivity (Wildman–Crippen MR) is 85.5 cm³/mol. The highest BCUT2D eigenvalue weighted by molar-refractivity contribution is 5.97. The van der Waals surface area contributed by atoms with E-state index in [9.17, 15) is 5.26 Å². The summed E-state index contributed by atoms with van der Waals surface area (Å²) in [6.45, 7) is 2.52. The summed E-state index contributed by atoms with van der Waals surface area (Å²) in [6.07, 6.45) is 2.66. The Labute approximate surface area is 125 Å². The summed E-state index contributed by atoms with van der Waals surface area (Å²) in [6, 6.07) is 14.3. The zero-order valence-electron chi connectivity index (χ0n) is 12.4. The quantitative estimate of drug-likeness (QED) is 0.759. The van der Waals surface area contributed by atoms with E-state index in [-0.39, 0.29) is 0 Å². The summed E-state index contributed by atoms with van der Waals surface area (Å²) < 4.78 is 5.71. The average molecular weight is 280 g/mol. The highest BCUT2D eigenvalue weighted by Gasteiger charge is 2.21. The fourth-order valence-corrected chi connectivity index (χ4v) is 2.57. The van der Waals surface area contributed by atoms with Crippen molar-refractivity contribution in [3.63, 3.8) is 0 Å². The lowest BCUT2D eigenvalue weighted by Crippen LogP contribution is -2.23. The van der Waals surface area contributed by atoms with Crippen LogP contribution in [0.25, 0.3) is 10.8 Å². The standard InChI is InChI=1S/C18H20N2O/c1-20(10-11-21-13-14-6-7-14)18-9-8-15(12-19)16-4-2-3-5-17(16)18/h2-5,8-9,14H,6-7,10-11,13H2,1H3. The molecule has 21 heavy (non-hydrogen) atoms. The molecule has 108 valence electrons. The van der Waals surface area contributed by atoms with Gasteiger partial charge in [0.25, 0.3) is 0 Å². The van der Waals surface area contributed by atoms with Gasteiger partial charge in [-0.1, -0.05) is 24.3 Å². The minimum atomic E-state index is 0.729. The molecule has 2 aromatic rings. The molecule has 0 N–H and O–H groups in total. The number of nitriles is 1. The van der Waals surface area contributed by atoms with E-state index in [1.165, 1.54) is 12.8 Å². The van der Waals surface area contributed by atoms with Crippen molar-refractivity contribution in [3.8, 4) is 6.07 Å². The number of likely N-dealkylation sites (N-methyl/N-ethyl adjacent to an activating group) is 1. The van der Waals surface area contributed by atoms with Crippen LogP contribution in [0.2, 0.25) is 0 Å². The van der Waals surface area contributed by atoms with Crippen molar-refractivity contribution in [1.82, 2.24) is 0 Å². The topological polar surface area (TPSA) is 36.3 Å². The van der Waals surface area contributed by atoms with Gasteiger partial charge >= 0.3 is 0 Å². The van der Waals surface area contributed by atoms with Gasteiger partial charge in [-0.05, 0) is 30.9 Å². The molecule has 1 saturated carbocycles. The second-order valence-electron chi connectivity index (χ2n) is 5.73. The van der Waals surface area contributed by atoms with Gasteiger partial charge in [0.05, 0.1) is 18.2 Å². The third-order valence-corrected chi connectivity index (χ3v) is 4.05. The lowest BCUT2D eigenvalue weighted by Gasteiger charge is -2.21. The van der Waals surface area contributed by atoms with E-state index in [1.807, 2.05) is 30.3 Å². The average Bonchev–Trinajstić information content (AvgIpc) is 3.34. The van der Waals surface area contributed by atoms with Gasteiger partial charge in [0, 0.05) is 36.7 Å². The molecule has 1 aliphatic carbocycles. The van der Waals surface area contributed by atoms with E-state index in [1.54, 1.807) is 0 Å². The normalized spacial score (nSPS) is 14.1. The van der Waals surface area contributed by atoms with Crippen LogP contribution in [0.5, 0.6) is 0 Å². The predicted octanol–water partition coefficient (Wildman–Crippen LogP) is 3.57. The van der Waals surface area contributed by atoms with Gasteiger partial charge < -0.3 is 9.64 Å². The van der Waals surface area contributed by atoms with Crippen molar-refractivity contribution in [1.29, 1.82) is 5.26 Å². The Balaban J connectivity index is 1.74. The lowest BCUT2D eigenvalue weighted by molar-refractivity contribution is 0.131. The smallest absolute Gasteiger partial charge is 0.0998 e. The number of ether oxygens (including phenoxy) is 1. The molecule has 0 spiro atoms. The molecule has 0 radical (unpaired) electrons. The van der Waals surface area contributed by atoms with Crippen molar-refractivity contribution in [2.24, 2.45) is 5.92 Å². The first-order chi connectivity index (χ1) is 10.3. The Morgan fingerprint density at radius 2 is 1.95 bits per heavy atom. The van der Waals surface area contributed by atoms with Crippen LogP contribution in [0.15, 0.2) is 36.4 Å². The second kappa shape index (κ2) is 6.15. The number of hydrogen-bond donors (Lipinski definition) is 0. The van der Waals surface area contributed by atoms with E-state index in [4.69, 9.17) is 4.74 Å². The Hall–Kier alpha value is -2.05. The summed E-state index contributed by atoms with van der Waals surface area (Å²) in [4.78, 5) is 2.20. The third kappa shape index (κ3) is 3.17. The number of fused-ring (bicyclic) bond motifs is 1. The first kappa shape index (κ1) is 13.9. The molecule has 0 amide bonds. The van der Waals surface area contributed by atoms with E-state index < -0.39 is 0 Å². The highest BCUT2D eigenvalue weighted by Crippen LogP contribution is 2.30. The van der Waals surface area contributed by atoms with Crippen molar-refractivity contribution in [2.75, 3.05) is 31.7 Å². The SMILES string of the molecule is CN(CCOCC1CC1)c1ccc(C#N)c2ccccc12. The van der Waals surface area contributed by atoms with Crippen LogP contribution < -0.4 is 4.90 Å². The van der Waals surface area contributed by atoms with Crippen LogP contribution in [0.1, 0.15) is 18.4 Å². The van der Waals surface area contributed by atoms with Crippen LogP contribution in [0.4, 0.5) is 5.69 Å². The molecule has 0 aliphatic heterocycles. The van der Waals surface area contributed by atoms with Crippen LogP contribution in [-0.2, 0) is 4.74 Å². The summed E-state index contributed by atoms with van der Waals surface area (Å²) in [7, 11) is 2.08. The fourth-order valence-electron chi connectivity index (χ4n) is 2.57. The summed E-state index contributed by atoms with van der Waals surface area (Å²) in [5.41, 5.74) is 1.88. The molecule has 0 unspecified atom stereocenters. The maximum atomic E-state index is 9.21. The highest BCUT2D eigenvalue weighted by atomic mass is 16.5.